The largest absolute Gasteiger partial charge is 0.462 e. The molecule has 2 aliphatic carbocycles. The molecule has 0 saturated heterocycles. The van der Waals surface area contributed by atoms with Crippen LogP contribution in [0.4, 0.5) is 0 Å². The van der Waals surface area contributed by atoms with Crippen molar-refractivity contribution in [2.24, 2.45) is 23.2 Å². The minimum atomic E-state index is -0.780. The highest BCUT2D eigenvalue weighted by Crippen LogP contribution is 2.54. The molecule has 1 N–H and O–H groups in total. The van der Waals surface area contributed by atoms with Gasteiger partial charge < -0.3 is 9.84 Å². The Hall–Kier alpha value is -1.09. The summed E-state index contributed by atoms with van der Waals surface area (Å²) < 4.78 is 5.84. The Morgan fingerprint density at radius 1 is 1.36 bits per heavy atom. The highest BCUT2D eigenvalue weighted by molar-refractivity contribution is 5.66. The third-order valence-electron chi connectivity index (χ3n) is 6.26. The quantitative estimate of drug-likeness (QED) is 0.561. The van der Waals surface area contributed by atoms with Gasteiger partial charge in [-0.1, -0.05) is 37.6 Å². The van der Waals surface area contributed by atoms with Crippen LogP contribution in [0.15, 0.2) is 23.8 Å². The molecule has 3 nitrogen and oxygen atoms in total. The number of carbonyl (C=O) groups excluding carboxylic acids is 1. The molecule has 0 aliphatic heterocycles. The Balaban J connectivity index is 2.49. The number of rotatable bonds is 2. The van der Waals surface area contributed by atoms with Crippen LogP contribution in [0, 0.1) is 23.2 Å². The fourth-order valence-electron chi connectivity index (χ4n) is 4.87. The maximum atomic E-state index is 11.8. The van der Waals surface area contributed by atoms with Gasteiger partial charge in [0.2, 0.25) is 0 Å². The fourth-order valence-corrected chi connectivity index (χ4v) is 4.87. The predicted molar refractivity (Wildman–Crippen MR) is 102 cm³/mol. The average Bonchev–Trinajstić information content (AvgIpc) is 2.81. The lowest BCUT2D eigenvalue weighted by Crippen LogP contribution is -2.44. The van der Waals surface area contributed by atoms with E-state index in [-0.39, 0.29) is 29.3 Å². The van der Waals surface area contributed by atoms with Gasteiger partial charge in [-0.2, -0.15) is 0 Å². The summed E-state index contributed by atoms with van der Waals surface area (Å²) in [5.74, 6) is 0.554. The smallest absolute Gasteiger partial charge is 0.302 e. The molecular weight excluding hydrogens is 312 g/mol. The second-order valence-electron chi connectivity index (χ2n) is 9.15. The van der Waals surface area contributed by atoms with Crippen LogP contribution in [0.3, 0.4) is 0 Å². The third-order valence-corrected chi connectivity index (χ3v) is 6.26. The van der Waals surface area contributed by atoms with Crippen molar-refractivity contribution >= 4 is 5.97 Å². The zero-order valence-corrected chi connectivity index (χ0v) is 16.8. The standard InChI is InChI=1S/C22H36O3/c1-15-8-7-9-16(2)14-19(25-17(3)23)20-18(21(4,5)24)11-13-22(20,6)12-10-15/h9-10,12,15,18-20,24H,7-8,11,13-14H2,1-6H3/b12-10-,16-9+/t15-,18+,19-,20+,22-/m0/s1. The van der Waals surface area contributed by atoms with E-state index in [1.54, 1.807) is 0 Å². The van der Waals surface area contributed by atoms with Crippen molar-refractivity contribution in [3.8, 4) is 0 Å². The molecule has 5 atom stereocenters. The van der Waals surface area contributed by atoms with Gasteiger partial charge in [-0.05, 0) is 63.7 Å². The van der Waals surface area contributed by atoms with Crippen molar-refractivity contribution in [3.63, 3.8) is 0 Å². The average molecular weight is 349 g/mol. The Morgan fingerprint density at radius 2 is 2.04 bits per heavy atom. The molecular formula is C22H36O3. The van der Waals surface area contributed by atoms with Gasteiger partial charge in [-0.25, -0.2) is 0 Å². The highest BCUT2D eigenvalue weighted by atomic mass is 16.5. The van der Waals surface area contributed by atoms with Crippen molar-refractivity contribution in [1.82, 2.24) is 0 Å². The minimum absolute atomic E-state index is 0.0519. The predicted octanol–water partition coefficient (Wildman–Crippen LogP) is 5.04. The summed E-state index contributed by atoms with van der Waals surface area (Å²) in [5, 5.41) is 10.8. The van der Waals surface area contributed by atoms with E-state index in [2.05, 4.69) is 39.0 Å². The van der Waals surface area contributed by atoms with Gasteiger partial charge >= 0.3 is 5.97 Å². The first-order chi connectivity index (χ1) is 11.5. The van der Waals surface area contributed by atoms with Crippen molar-refractivity contribution in [1.29, 1.82) is 0 Å². The van der Waals surface area contributed by atoms with Crippen molar-refractivity contribution in [3.05, 3.63) is 23.8 Å². The Morgan fingerprint density at radius 3 is 2.64 bits per heavy atom. The van der Waals surface area contributed by atoms with Gasteiger partial charge in [0.05, 0.1) is 5.60 Å². The Kier molecular flexibility index (Phi) is 6.19. The monoisotopic (exact) mass is 348 g/mol. The van der Waals surface area contributed by atoms with E-state index in [4.69, 9.17) is 4.74 Å². The summed E-state index contributed by atoms with van der Waals surface area (Å²) in [6, 6.07) is 0. The second-order valence-corrected chi connectivity index (χ2v) is 9.15. The summed E-state index contributed by atoms with van der Waals surface area (Å²) >= 11 is 0. The molecule has 0 heterocycles. The molecule has 1 saturated carbocycles. The number of hydrogen-bond acceptors (Lipinski definition) is 3. The zero-order valence-electron chi connectivity index (χ0n) is 16.8. The third kappa shape index (κ3) is 4.97. The number of carbonyl (C=O) groups is 1. The normalized spacial score (nSPS) is 40.4. The Labute approximate surface area is 153 Å². The minimum Gasteiger partial charge on any atom is -0.462 e. The van der Waals surface area contributed by atoms with E-state index < -0.39 is 5.60 Å². The molecule has 0 unspecified atom stereocenters. The number of aliphatic hydroxyl groups is 1. The van der Waals surface area contributed by atoms with Gasteiger partial charge in [0.15, 0.2) is 0 Å². The lowest BCUT2D eigenvalue weighted by Gasteiger charge is -2.41. The molecule has 2 aliphatic rings. The molecule has 25 heavy (non-hydrogen) atoms. The number of ether oxygens (including phenoxy) is 1. The summed E-state index contributed by atoms with van der Waals surface area (Å²) in [6.07, 6.45) is 11.7. The van der Waals surface area contributed by atoms with Crippen LogP contribution in [0.2, 0.25) is 0 Å². The summed E-state index contributed by atoms with van der Waals surface area (Å²) in [6.45, 7) is 12.0. The first-order valence-corrected chi connectivity index (χ1v) is 9.77. The molecule has 0 aromatic carbocycles. The molecule has 0 amide bonds. The summed E-state index contributed by atoms with van der Waals surface area (Å²) in [4.78, 5) is 11.8. The first-order valence-electron chi connectivity index (χ1n) is 9.77. The van der Waals surface area contributed by atoms with E-state index in [1.165, 1.54) is 12.5 Å². The lowest BCUT2D eigenvalue weighted by molar-refractivity contribution is -0.154. The van der Waals surface area contributed by atoms with E-state index >= 15 is 0 Å². The van der Waals surface area contributed by atoms with E-state index in [1.807, 2.05) is 13.8 Å². The van der Waals surface area contributed by atoms with Gasteiger partial charge in [-0.3, -0.25) is 4.79 Å². The van der Waals surface area contributed by atoms with E-state index in [9.17, 15) is 9.90 Å². The number of allylic oxidation sites excluding steroid dienone is 3. The molecule has 0 aromatic rings. The molecule has 0 spiro atoms. The Bertz CT molecular complexity index is 540. The van der Waals surface area contributed by atoms with Gasteiger partial charge in [-0.15, -0.1) is 0 Å². The molecule has 0 bridgehead atoms. The first kappa shape index (κ1) is 20.2. The van der Waals surface area contributed by atoms with Crippen LogP contribution in [0.25, 0.3) is 0 Å². The van der Waals surface area contributed by atoms with Gasteiger partial charge in [0.25, 0.3) is 0 Å². The van der Waals surface area contributed by atoms with Crippen LogP contribution < -0.4 is 0 Å². The summed E-state index contributed by atoms with van der Waals surface area (Å²) in [5.41, 5.74) is 0.450. The molecule has 1 fully saturated rings. The maximum absolute atomic E-state index is 11.8. The topological polar surface area (TPSA) is 46.5 Å². The van der Waals surface area contributed by atoms with Crippen molar-refractivity contribution in [2.45, 2.75) is 85.4 Å². The van der Waals surface area contributed by atoms with E-state index in [0.29, 0.717) is 5.92 Å². The highest BCUT2D eigenvalue weighted by Gasteiger charge is 2.53. The van der Waals surface area contributed by atoms with E-state index in [0.717, 1.165) is 32.1 Å². The molecule has 3 heteroatoms. The molecule has 2 rings (SSSR count). The fraction of sp³-hybridized carbons (Fsp3) is 0.773. The van der Waals surface area contributed by atoms with Crippen LogP contribution >= 0.6 is 0 Å². The van der Waals surface area contributed by atoms with Gasteiger partial charge in [0, 0.05) is 19.3 Å². The number of esters is 1. The lowest BCUT2D eigenvalue weighted by atomic mass is 9.68. The summed E-state index contributed by atoms with van der Waals surface area (Å²) in [7, 11) is 0. The van der Waals surface area contributed by atoms with Crippen LogP contribution in [-0.2, 0) is 9.53 Å². The molecule has 0 radical (unpaired) electrons. The molecule has 142 valence electrons. The number of hydrogen-bond donors (Lipinski definition) is 1. The van der Waals surface area contributed by atoms with Crippen molar-refractivity contribution in [2.75, 3.05) is 0 Å². The van der Waals surface area contributed by atoms with Crippen LogP contribution in [0.5, 0.6) is 0 Å². The van der Waals surface area contributed by atoms with Crippen molar-refractivity contribution < 1.29 is 14.6 Å². The number of fused-ring (bicyclic) bond motifs is 1. The van der Waals surface area contributed by atoms with Crippen LogP contribution in [0.1, 0.15) is 73.6 Å². The molecule has 0 aromatic heterocycles. The SMILES string of the molecule is CC(=O)O[C@H]1C/C(C)=C/CC[C@H](C)/C=C\[C@@]2(C)CC[C@@H](C(C)(C)O)[C@H]12. The second kappa shape index (κ2) is 7.65. The maximum Gasteiger partial charge on any atom is 0.302 e. The van der Waals surface area contributed by atoms with Crippen LogP contribution in [-0.4, -0.2) is 22.8 Å². The van der Waals surface area contributed by atoms with Gasteiger partial charge in [0.1, 0.15) is 6.10 Å². The zero-order chi connectivity index (χ0) is 18.8.